The highest BCUT2D eigenvalue weighted by atomic mass is 15.3. The maximum atomic E-state index is 4.41. The maximum absolute atomic E-state index is 4.41. The van der Waals surface area contributed by atoms with Crippen molar-refractivity contribution in [3.63, 3.8) is 0 Å². The summed E-state index contributed by atoms with van der Waals surface area (Å²) in [6.07, 6.45) is 8.08. The van der Waals surface area contributed by atoms with Gasteiger partial charge in [0.2, 0.25) is 0 Å². The van der Waals surface area contributed by atoms with Gasteiger partial charge in [-0.2, -0.15) is 5.10 Å². The van der Waals surface area contributed by atoms with Gasteiger partial charge < -0.3 is 5.43 Å². The van der Waals surface area contributed by atoms with Gasteiger partial charge in [0.25, 0.3) is 0 Å². The first-order valence-electron chi connectivity index (χ1n) is 4.76. The third-order valence-electron chi connectivity index (χ3n) is 2.77. The van der Waals surface area contributed by atoms with E-state index < -0.39 is 0 Å². The second kappa shape index (κ2) is 3.24. The van der Waals surface area contributed by atoms with Crippen LogP contribution in [0.2, 0.25) is 0 Å². The molecule has 1 saturated carbocycles. The van der Waals surface area contributed by atoms with E-state index in [-0.39, 0.29) is 0 Å². The normalized spacial score (nSPS) is 31.3. The number of nitrogens with one attached hydrogen (secondary N) is 1. The standard InChI is InChI=1S/C9H16N2/c1-2-7-10-11-9-6-3-5-8(9)4-1/h8,10H,1-7H2. The summed E-state index contributed by atoms with van der Waals surface area (Å²) < 4.78 is 0. The molecule has 1 aliphatic heterocycles. The highest BCUT2D eigenvalue weighted by molar-refractivity contribution is 5.88. The largest absolute Gasteiger partial charge is 0.310 e. The second-order valence-electron chi connectivity index (χ2n) is 3.60. The fourth-order valence-electron chi connectivity index (χ4n) is 2.11. The van der Waals surface area contributed by atoms with Gasteiger partial charge in [0.15, 0.2) is 0 Å². The van der Waals surface area contributed by atoms with Gasteiger partial charge in [0, 0.05) is 12.3 Å². The van der Waals surface area contributed by atoms with Crippen LogP contribution in [-0.2, 0) is 0 Å². The molecule has 11 heavy (non-hydrogen) atoms. The first-order chi connectivity index (χ1) is 5.47. The van der Waals surface area contributed by atoms with Crippen LogP contribution in [0.25, 0.3) is 0 Å². The van der Waals surface area contributed by atoms with Crippen LogP contribution >= 0.6 is 0 Å². The summed E-state index contributed by atoms with van der Waals surface area (Å²) in [6.45, 7) is 1.08. The average molecular weight is 152 g/mol. The number of fused-ring (bicyclic) bond motifs is 1. The van der Waals surface area contributed by atoms with Gasteiger partial charge in [0.05, 0.1) is 0 Å². The van der Waals surface area contributed by atoms with Crippen molar-refractivity contribution in [3.05, 3.63) is 0 Å². The Morgan fingerprint density at radius 1 is 1.18 bits per heavy atom. The van der Waals surface area contributed by atoms with Crippen LogP contribution in [0.4, 0.5) is 0 Å². The molecule has 2 heteroatoms. The van der Waals surface area contributed by atoms with Gasteiger partial charge in [0.1, 0.15) is 0 Å². The van der Waals surface area contributed by atoms with E-state index in [1.807, 2.05) is 0 Å². The summed E-state index contributed by atoms with van der Waals surface area (Å²) >= 11 is 0. The van der Waals surface area contributed by atoms with Gasteiger partial charge in [-0.15, -0.1) is 0 Å². The third kappa shape index (κ3) is 1.55. The van der Waals surface area contributed by atoms with Crippen molar-refractivity contribution >= 4 is 5.71 Å². The van der Waals surface area contributed by atoms with Crippen LogP contribution in [0.3, 0.4) is 0 Å². The van der Waals surface area contributed by atoms with Crippen LogP contribution in [0.5, 0.6) is 0 Å². The molecular weight excluding hydrogens is 136 g/mol. The summed E-state index contributed by atoms with van der Waals surface area (Å²) in [5.41, 5.74) is 4.60. The van der Waals surface area contributed by atoms with E-state index in [2.05, 4.69) is 10.5 Å². The lowest BCUT2D eigenvalue weighted by atomic mass is 9.99. The van der Waals surface area contributed by atoms with Crippen molar-refractivity contribution in [3.8, 4) is 0 Å². The Morgan fingerprint density at radius 3 is 3.09 bits per heavy atom. The van der Waals surface area contributed by atoms with Gasteiger partial charge in [-0.1, -0.05) is 6.42 Å². The molecule has 2 nitrogen and oxygen atoms in total. The SMILES string of the molecule is C1CCC2CCCC2=NNC1. The zero-order valence-corrected chi connectivity index (χ0v) is 6.97. The fraction of sp³-hybridized carbons (Fsp3) is 0.889. The van der Waals surface area contributed by atoms with E-state index in [1.54, 1.807) is 0 Å². The first kappa shape index (κ1) is 7.14. The van der Waals surface area contributed by atoms with Gasteiger partial charge in [-0.3, -0.25) is 0 Å². The molecule has 2 rings (SSSR count). The molecule has 0 aromatic rings. The van der Waals surface area contributed by atoms with Crippen LogP contribution < -0.4 is 5.43 Å². The Hall–Kier alpha value is -0.530. The molecule has 0 amide bonds. The van der Waals surface area contributed by atoms with Gasteiger partial charge in [-0.05, 0) is 38.0 Å². The molecule has 0 aromatic heterocycles. The maximum Gasteiger partial charge on any atom is 0.0409 e. The predicted octanol–water partition coefficient (Wildman–Crippen LogP) is 1.92. The van der Waals surface area contributed by atoms with Crippen LogP contribution in [0, 0.1) is 5.92 Å². The minimum Gasteiger partial charge on any atom is -0.310 e. The van der Waals surface area contributed by atoms with E-state index in [0.717, 1.165) is 12.5 Å². The molecular formula is C9H16N2. The molecule has 1 heterocycles. The molecule has 1 unspecified atom stereocenters. The molecule has 1 N–H and O–H groups in total. The zero-order valence-electron chi connectivity index (χ0n) is 6.97. The van der Waals surface area contributed by atoms with Crippen molar-refractivity contribution in [2.24, 2.45) is 11.0 Å². The molecule has 1 aliphatic carbocycles. The average Bonchev–Trinajstić information content (AvgIpc) is 2.35. The zero-order chi connectivity index (χ0) is 7.52. The summed E-state index contributed by atoms with van der Waals surface area (Å²) in [6, 6.07) is 0. The smallest absolute Gasteiger partial charge is 0.0409 e. The van der Waals surface area contributed by atoms with Gasteiger partial charge in [-0.25, -0.2) is 0 Å². The van der Waals surface area contributed by atoms with Crippen molar-refractivity contribution in [2.75, 3.05) is 6.54 Å². The summed E-state index contributed by atoms with van der Waals surface area (Å²) in [4.78, 5) is 0. The number of nitrogens with zero attached hydrogens (tertiary/aromatic N) is 1. The molecule has 1 atom stereocenters. The molecule has 0 bridgehead atoms. The molecule has 0 radical (unpaired) electrons. The Labute approximate surface area is 68.1 Å². The lowest BCUT2D eigenvalue weighted by Crippen LogP contribution is -2.18. The van der Waals surface area contributed by atoms with E-state index in [1.165, 1.54) is 44.2 Å². The van der Waals surface area contributed by atoms with E-state index >= 15 is 0 Å². The van der Waals surface area contributed by atoms with Crippen molar-refractivity contribution in [2.45, 2.75) is 38.5 Å². The monoisotopic (exact) mass is 152 g/mol. The Kier molecular flexibility index (Phi) is 2.11. The number of rotatable bonds is 0. The van der Waals surface area contributed by atoms with Gasteiger partial charge >= 0.3 is 0 Å². The van der Waals surface area contributed by atoms with Crippen molar-refractivity contribution < 1.29 is 0 Å². The van der Waals surface area contributed by atoms with E-state index in [9.17, 15) is 0 Å². The lowest BCUT2D eigenvalue weighted by Gasteiger charge is -2.14. The second-order valence-corrected chi connectivity index (χ2v) is 3.60. The summed E-state index contributed by atoms with van der Waals surface area (Å²) in [7, 11) is 0. The summed E-state index contributed by atoms with van der Waals surface area (Å²) in [5.74, 6) is 0.836. The number of hydrazone groups is 1. The number of hydrogen-bond acceptors (Lipinski definition) is 2. The fourth-order valence-corrected chi connectivity index (χ4v) is 2.11. The topological polar surface area (TPSA) is 24.4 Å². The molecule has 0 saturated heterocycles. The number of hydrogen-bond donors (Lipinski definition) is 1. The molecule has 1 fully saturated rings. The highest BCUT2D eigenvalue weighted by Crippen LogP contribution is 2.27. The Morgan fingerprint density at radius 2 is 2.09 bits per heavy atom. The van der Waals surface area contributed by atoms with Crippen molar-refractivity contribution in [1.82, 2.24) is 5.43 Å². The first-order valence-corrected chi connectivity index (χ1v) is 4.76. The molecule has 0 aromatic carbocycles. The Bertz CT molecular complexity index is 163. The minimum absolute atomic E-state index is 0.836. The molecule has 2 aliphatic rings. The predicted molar refractivity (Wildman–Crippen MR) is 46.6 cm³/mol. The van der Waals surface area contributed by atoms with Crippen LogP contribution in [0.1, 0.15) is 38.5 Å². The summed E-state index contributed by atoms with van der Waals surface area (Å²) in [5, 5.41) is 4.41. The van der Waals surface area contributed by atoms with E-state index in [0.29, 0.717) is 0 Å². The highest BCUT2D eigenvalue weighted by Gasteiger charge is 2.22. The van der Waals surface area contributed by atoms with Crippen molar-refractivity contribution in [1.29, 1.82) is 0 Å². The quantitative estimate of drug-likeness (QED) is 0.563. The van der Waals surface area contributed by atoms with Crippen LogP contribution in [0.15, 0.2) is 5.10 Å². The molecule has 0 spiro atoms. The molecule has 62 valence electrons. The van der Waals surface area contributed by atoms with E-state index in [4.69, 9.17) is 0 Å². The minimum atomic E-state index is 0.836. The Balaban J connectivity index is 2.04. The lowest BCUT2D eigenvalue weighted by molar-refractivity contribution is 0.524. The third-order valence-corrected chi connectivity index (χ3v) is 2.77. The van der Waals surface area contributed by atoms with Crippen LogP contribution in [-0.4, -0.2) is 12.3 Å².